The Hall–Kier alpha value is -4.28. The van der Waals surface area contributed by atoms with Crippen molar-refractivity contribution in [2.45, 2.75) is 65.0 Å². The summed E-state index contributed by atoms with van der Waals surface area (Å²) in [4.78, 5) is 54.8. The summed E-state index contributed by atoms with van der Waals surface area (Å²) >= 11 is 0. The average Bonchev–Trinajstić information content (AvgIpc) is 2.93. The van der Waals surface area contributed by atoms with Crippen LogP contribution >= 0.6 is 0 Å². The fourth-order valence-corrected chi connectivity index (χ4v) is 6.79. The number of carbonyl (C=O) groups excluding carboxylic acids is 4. The Kier molecular flexibility index (Phi) is 6.40. The number of Topliss-reactive ketones (excluding diaryl/α,β-unsaturated/α-hetero) is 4. The Labute approximate surface area is 241 Å². The molecule has 2 aliphatic heterocycles. The largest absolute Gasteiger partial charge is 0.506 e. The lowest BCUT2D eigenvalue weighted by Gasteiger charge is -2.34. The van der Waals surface area contributed by atoms with Crippen LogP contribution in [0.3, 0.4) is 0 Å². The molecule has 0 unspecified atom stereocenters. The molecule has 42 heavy (non-hydrogen) atoms. The maximum atomic E-state index is 13.8. The van der Waals surface area contributed by atoms with E-state index in [1.54, 1.807) is 13.8 Å². The lowest BCUT2D eigenvalue weighted by Crippen LogP contribution is -2.36. The van der Waals surface area contributed by atoms with Crippen molar-refractivity contribution in [1.82, 2.24) is 0 Å². The zero-order chi connectivity index (χ0) is 30.4. The van der Waals surface area contributed by atoms with Crippen molar-refractivity contribution in [3.8, 4) is 34.1 Å². The predicted molar refractivity (Wildman–Crippen MR) is 149 cm³/mol. The van der Waals surface area contributed by atoms with Crippen LogP contribution in [0.2, 0.25) is 0 Å². The van der Waals surface area contributed by atoms with Crippen molar-refractivity contribution in [3.05, 3.63) is 56.7 Å². The Bertz CT molecular complexity index is 1580. The first kappa shape index (κ1) is 27.9. The molecule has 0 saturated heterocycles. The van der Waals surface area contributed by atoms with Gasteiger partial charge in [-0.15, -0.1) is 0 Å². The molecule has 218 valence electrons. The molecule has 2 aromatic carbocycles. The van der Waals surface area contributed by atoms with Crippen LogP contribution < -0.4 is 9.47 Å². The van der Waals surface area contributed by atoms with E-state index in [1.807, 2.05) is 13.8 Å². The zero-order valence-corrected chi connectivity index (χ0v) is 24.0. The fourth-order valence-electron chi connectivity index (χ4n) is 6.79. The first-order valence-corrected chi connectivity index (χ1v) is 13.7. The number of hydrogen-bond acceptors (Lipinski definition) is 10. The second-order valence-corrected chi connectivity index (χ2v) is 11.1. The van der Waals surface area contributed by atoms with Gasteiger partial charge in [-0.2, -0.15) is 0 Å². The van der Waals surface area contributed by atoms with E-state index in [0.717, 1.165) is 0 Å². The first-order chi connectivity index (χ1) is 19.9. The molecule has 0 fully saturated rings. The van der Waals surface area contributed by atoms with Crippen LogP contribution in [0.1, 0.15) is 82.0 Å². The van der Waals surface area contributed by atoms with E-state index in [2.05, 4.69) is 0 Å². The Balaban J connectivity index is 1.61. The Morgan fingerprint density at radius 3 is 1.31 bits per heavy atom. The molecule has 2 heterocycles. The number of ether oxygens (including phenoxy) is 4. The minimum absolute atomic E-state index is 0.0436. The molecule has 6 rings (SSSR count). The monoisotopic (exact) mass is 574 g/mol. The molecular formula is C32H30O10. The van der Waals surface area contributed by atoms with Crippen molar-refractivity contribution in [3.63, 3.8) is 0 Å². The number of carbonyl (C=O) groups is 4. The number of fused-ring (bicyclic) bond motifs is 2. The van der Waals surface area contributed by atoms with Gasteiger partial charge in [0.15, 0.2) is 23.1 Å². The minimum Gasteiger partial charge on any atom is -0.506 e. The summed E-state index contributed by atoms with van der Waals surface area (Å²) in [6, 6.07) is 2.67. The van der Waals surface area contributed by atoms with Gasteiger partial charge >= 0.3 is 0 Å². The summed E-state index contributed by atoms with van der Waals surface area (Å²) in [6.07, 6.45) is -1.44. The number of benzene rings is 2. The van der Waals surface area contributed by atoms with Crippen LogP contribution in [0.25, 0.3) is 11.1 Å². The van der Waals surface area contributed by atoms with Crippen LogP contribution in [-0.2, 0) is 9.47 Å². The first-order valence-electron chi connectivity index (χ1n) is 13.7. The van der Waals surface area contributed by atoms with E-state index in [4.69, 9.17) is 18.9 Å². The second kappa shape index (κ2) is 9.64. The second-order valence-electron chi connectivity index (χ2n) is 11.1. The SMILES string of the molecule is COc1cc2c(c(O)c1-c1c(OC)cc3c(c1O)C(=O)C1=C(C[C@@H](C)O[C@H]1C)C3=O)C(=O)C1=C(C[C@@H](C)O[C@H]1C)C2=O. The van der Waals surface area contributed by atoms with Gasteiger partial charge in [-0.3, -0.25) is 19.2 Å². The molecule has 4 aliphatic rings. The van der Waals surface area contributed by atoms with E-state index in [1.165, 1.54) is 26.4 Å². The summed E-state index contributed by atoms with van der Waals surface area (Å²) < 4.78 is 22.7. The number of ketones is 4. The highest BCUT2D eigenvalue weighted by atomic mass is 16.5. The van der Waals surface area contributed by atoms with Gasteiger partial charge in [0.25, 0.3) is 0 Å². The molecule has 2 N–H and O–H groups in total. The molecule has 0 bridgehead atoms. The Morgan fingerprint density at radius 1 is 0.619 bits per heavy atom. The van der Waals surface area contributed by atoms with Gasteiger partial charge in [-0.25, -0.2) is 0 Å². The lowest BCUT2D eigenvalue weighted by atomic mass is 9.75. The van der Waals surface area contributed by atoms with Crippen molar-refractivity contribution in [1.29, 1.82) is 0 Å². The number of phenols is 2. The molecule has 0 radical (unpaired) electrons. The zero-order valence-electron chi connectivity index (χ0n) is 24.0. The summed E-state index contributed by atoms with van der Waals surface area (Å²) in [5.74, 6) is -3.38. The summed E-state index contributed by atoms with van der Waals surface area (Å²) in [6.45, 7) is 6.96. The minimum atomic E-state index is -0.682. The molecule has 0 saturated carbocycles. The van der Waals surface area contributed by atoms with Crippen molar-refractivity contribution in [2.24, 2.45) is 0 Å². The van der Waals surface area contributed by atoms with Gasteiger partial charge in [-0.1, -0.05) is 0 Å². The molecule has 0 amide bonds. The third-order valence-corrected chi connectivity index (χ3v) is 8.52. The van der Waals surface area contributed by atoms with E-state index in [-0.39, 0.29) is 81.1 Å². The maximum absolute atomic E-state index is 13.8. The molecule has 10 nitrogen and oxygen atoms in total. The summed E-state index contributed by atoms with van der Waals surface area (Å²) in [5.41, 5.74) is 0.0244. The summed E-state index contributed by atoms with van der Waals surface area (Å²) in [7, 11) is 2.61. The van der Waals surface area contributed by atoms with E-state index >= 15 is 0 Å². The van der Waals surface area contributed by atoms with Crippen molar-refractivity contribution in [2.75, 3.05) is 14.2 Å². The van der Waals surface area contributed by atoms with Gasteiger partial charge in [0.1, 0.15) is 23.0 Å². The van der Waals surface area contributed by atoms with Crippen LogP contribution in [0.4, 0.5) is 0 Å². The number of rotatable bonds is 3. The van der Waals surface area contributed by atoms with Gasteiger partial charge in [-0.05, 0) is 39.8 Å². The maximum Gasteiger partial charge on any atom is 0.196 e. The van der Waals surface area contributed by atoms with Crippen LogP contribution in [0.15, 0.2) is 34.4 Å². The van der Waals surface area contributed by atoms with Gasteiger partial charge in [0, 0.05) is 46.3 Å². The summed E-state index contributed by atoms with van der Waals surface area (Å²) in [5, 5.41) is 23.4. The van der Waals surface area contributed by atoms with Crippen molar-refractivity contribution < 1.29 is 48.3 Å². The fraction of sp³-hybridized carbons (Fsp3) is 0.375. The number of methoxy groups -OCH3 is 2. The highest BCUT2D eigenvalue weighted by Crippen LogP contribution is 2.54. The normalized spacial score (nSPS) is 25.2. The van der Waals surface area contributed by atoms with Gasteiger partial charge in [0.05, 0.1) is 60.9 Å². The highest BCUT2D eigenvalue weighted by Gasteiger charge is 2.45. The van der Waals surface area contributed by atoms with Crippen LogP contribution in [0, 0.1) is 0 Å². The van der Waals surface area contributed by atoms with E-state index < -0.39 is 46.8 Å². The van der Waals surface area contributed by atoms with Crippen LogP contribution in [0.5, 0.6) is 23.0 Å². The number of aromatic hydroxyl groups is 2. The lowest BCUT2D eigenvalue weighted by molar-refractivity contribution is 0.0145. The van der Waals surface area contributed by atoms with Crippen LogP contribution in [-0.4, -0.2) is 72.0 Å². The molecule has 10 heteroatoms. The van der Waals surface area contributed by atoms with Crippen molar-refractivity contribution >= 4 is 23.1 Å². The standard InChI is InChI=1S/C32H30O10/c1-11-7-15-21(13(3)41-11)29(35)23-17(27(15)33)9-19(39-5)25(31(23)37)26-20(40-6)10-18-24(32(26)38)30(36)22-14(4)42-12(2)8-16(22)28(18)34/h9-14,37-38H,7-8H2,1-6H3/t11-,12-,13+,14+/m1/s1. The molecule has 2 aliphatic carbocycles. The average molecular weight is 575 g/mol. The molecule has 2 aromatic rings. The van der Waals surface area contributed by atoms with Gasteiger partial charge < -0.3 is 29.2 Å². The van der Waals surface area contributed by atoms with E-state index in [0.29, 0.717) is 11.1 Å². The number of phenolic OH excluding ortho intramolecular Hbond substituents is 2. The van der Waals surface area contributed by atoms with Gasteiger partial charge in [0.2, 0.25) is 0 Å². The topological polar surface area (TPSA) is 146 Å². The molecule has 4 atom stereocenters. The third-order valence-electron chi connectivity index (χ3n) is 8.52. The molecule has 0 spiro atoms. The third kappa shape index (κ3) is 3.71. The molecule has 0 aromatic heterocycles. The predicted octanol–water partition coefficient (Wildman–Crippen LogP) is 4.53. The Morgan fingerprint density at radius 2 is 0.976 bits per heavy atom. The van der Waals surface area contributed by atoms with E-state index in [9.17, 15) is 29.4 Å². The quantitative estimate of drug-likeness (QED) is 0.536. The highest BCUT2D eigenvalue weighted by molar-refractivity contribution is 6.31. The molecular weight excluding hydrogens is 544 g/mol. The number of hydrogen-bond donors (Lipinski definition) is 2. The smallest absolute Gasteiger partial charge is 0.196 e.